The van der Waals surface area contributed by atoms with Crippen molar-refractivity contribution in [3.8, 4) is 0 Å². The summed E-state index contributed by atoms with van der Waals surface area (Å²) >= 11 is 0. The molecule has 1 N–H and O–H groups in total. The lowest BCUT2D eigenvalue weighted by molar-refractivity contribution is 0.0983. The number of hydrogen-bond donors (Lipinski definition) is 1. The van der Waals surface area contributed by atoms with Crippen LogP contribution in [0.5, 0.6) is 0 Å². The van der Waals surface area contributed by atoms with Gasteiger partial charge in [0.25, 0.3) is 0 Å². The van der Waals surface area contributed by atoms with Crippen molar-refractivity contribution in [3.05, 3.63) is 29.8 Å². The Labute approximate surface area is 110 Å². The molecule has 0 fully saturated rings. The highest BCUT2D eigenvalue weighted by molar-refractivity contribution is 5.53. The van der Waals surface area contributed by atoms with E-state index in [4.69, 9.17) is 4.74 Å². The maximum Gasteiger partial charge on any atom is 0.0589 e. The summed E-state index contributed by atoms with van der Waals surface area (Å²) in [4.78, 5) is 2.53. The van der Waals surface area contributed by atoms with Crippen molar-refractivity contribution < 1.29 is 4.74 Å². The van der Waals surface area contributed by atoms with Crippen molar-refractivity contribution in [2.24, 2.45) is 0 Å². The summed E-state index contributed by atoms with van der Waals surface area (Å²) in [5.74, 6) is 0. The molecule has 1 aliphatic rings. The monoisotopic (exact) mass is 248 g/mol. The summed E-state index contributed by atoms with van der Waals surface area (Å²) < 4.78 is 5.22. The molecule has 3 heteroatoms. The standard InChI is InChI=1S/C15H24N2O/c1-12(2)17(8-9-18-3)14-10-13-6-4-5-7-15(13)16-11-14/h4-7,12,14,16H,8-11H2,1-3H3. The maximum atomic E-state index is 5.22. The van der Waals surface area contributed by atoms with E-state index in [1.807, 2.05) is 0 Å². The molecule has 0 saturated heterocycles. The zero-order chi connectivity index (χ0) is 13.0. The van der Waals surface area contributed by atoms with Gasteiger partial charge in [0.1, 0.15) is 0 Å². The Bertz CT molecular complexity index is 379. The number of benzene rings is 1. The van der Waals surface area contributed by atoms with E-state index in [9.17, 15) is 0 Å². The molecule has 0 amide bonds. The van der Waals surface area contributed by atoms with Crippen molar-refractivity contribution in [3.63, 3.8) is 0 Å². The van der Waals surface area contributed by atoms with Gasteiger partial charge in [0.15, 0.2) is 0 Å². The Kier molecular flexibility index (Phi) is 4.61. The summed E-state index contributed by atoms with van der Waals surface area (Å²) in [6.45, 7) is 7.35. The number of methoxy groups -OCH3 is 1. The van der Waals surface area contributed by atoms with E-state index in [0.717, 1.165) is 26.1 Å². The zero-order valence-electron chi connectivity index (χ0n) is 11.6. The minimum absolute atomic E-state index is 0.553. The Morgan fingerprint density at radius 1 is 1.39 bits per heavy atom. The van der Waals surface area contributed by atoms with Crippen LogP contribution in [0.4, 0.5) is 5.69 Å². The number of fused-ring (bicyclic) bond motifs is 1. The Balaban J connectivity index is 2.05. The van der Waals surface area contributed by atoms with Crippen molar-refractivity contribution in [1.29, 1.82) is 0 Å². The highest BCUT2D eigenvalue weighted by Crippen LogP contribution is 2.24. The molecule has 1 unspecified atom stereocenters. The van der Waals surface area contributed by atoms with Crippen LogP contribution in [0.2, 0.25) is 0 Å². The molecule has 0 spiro atoms. The normalized spacial score (nSPS) is 18.8. The van der Waals surface area contributed by atoms with Crippen LogP contribution in [-0.2, 0) is 11.2 Å². The van der Waals surface area contributed by atoms with Gasteiger partial charge >= 0.3 is 0 Å². The fourth-order valence-corrected chi connectivity index (χ4v) is 2.72. The molecule has 3 nitrogen and oxygen atoms in total. The van der Waals surface area contributed by atoms with E-state index in [0.29, 0.717) is 12.1 Å². The van der Waals surface area contributed by atoms with Crippen LogP contribution in [0.3, 0.4) is 0 Å². The first-order chi connectivity index (χ1) is 8.72. The number of ether oxygens (including phenoxy) is 1. The number of nitrogens with one attached hydrogen (secondary N) is 1. The van der Waals surface area contributed by atoms with Crippen molar-refractivity contribution in [1.82, 2.24) is 4.90 Å². The van der Waals surface area contributed by atoms with E-state index < -0.39 is 0 Å². The molecule has 1 aromatic carbocycles. The quantitative estimate of drug-likeness (QED) is 0.866. The first kappa shape index (κ1) is 13.4. The second-order valence-corrected chi connectivity index (χ2v) is 5.22. The molecule has 0 saturated carbocycles. The lowest BCUT2D eigenvalue weighted by Crippen LogP contribution is -2.48. The van der Waals surface area contributed by atoms with E-state index in [2.05, 4.69) is 48.3 Å². The van der Waals surface area contributed by atoms with Gasteiger partial charge in [0.2, 0.25) is 0 Å². The van der Waals surface area contributed by atoms with Crippen molar-refractivity contribution >= 4 is 5.69 Å². The van der Waals surface area contributed by atoms with Crippen LogP contribution in [0, 0.1) is 0 Å². The second-order valence-electron chi connectivity index (χ2n) is 5.22. The van der Waals surface area contributed by atoms with E-state index in [1.165, 1.54) is 11.3 Å². The first-order valence-electron chi connectivity index (χ1n) is 6.79. The summed E-state index contributed by atoms with van der Waals surface area (Å²) in [7, 11) is 1.77. The predicted molar refractivity (Wildman–Crippen MR) is 76.1 cm³/mol. The van der Waals surface area contributed by atoms with E-state index >= 15 is 0 Å². The van der Waals surface area contributed by atoms with Crippen LogP contribution in [0.25, 0.3) is 0 Å². The van der Waals surface area contributed by atoms with Crippen LogP contribution < -0.4 is 5.32 Å². The molecule has 0 radical (unpaired) electrons. The number of rotatable bonds is 5. The highest BCUT2D eigenvalue weighted by atomic mass is 16.5. The molecule has 0 aliphatic carbocycles. The molecule has 0 bridgehead atoms. The lowest BCUT2D eigenvalue weighted by atomic mass is 9.97. The fourth-order valence-electron chi connectivity index (χ4n) is 2.72. The molecule has 2 rings (SSSR count). The van der Waals surface area contributed by atoms with Crippen LogP contribution in [0.15, 0.2) is 24.3 Å². The van der Waals surface area contributed by atoms with E-state index in [1.54, 1.807) is 7.11 Å². The largest absolute Gasteiger partial charge is 0.383 e. The van der Waals surface area contributed by atoms with Gasteiger partial charge in [-0.1, -0.05) is 18.2 Å². The molecule has 100 valence electrons. The van der Waals surface area contributed by atoms with Crippen LogP contribution >= 0.6 is 0 Å². The molecule has 1 atom stereocenters. The molecular formula is C15H24N2O. The van der Waals surface area contributed by atoms with Gasteiger partial charge in [0.05, 0.1) is 6.61 Å². The van der Waals surface area contributed by atoms with Gasteiger partial charge in [-0.3, -0.25) is 4.90 Å². The first-order valence-corrected chi connectivity index (χ1v) is 6.79. The number of anilines is 1. The molecule has 1 aromatic rings. The summed E-state index contributed by atoms with van der Waals surface area (Å²) in [5, 5.41) is 3.54. The minimum Gasteiger partial charge on any atom is -0.383 e. The third-order valence-corrected chi connectivity index (χ3v) is 3.69. The molecule has 0 aromatic heterocycles. The van der Waals surface area contributed by atoms with Gasteiger partial charge in [-0.2, -0.15) is 0 Å². The molecule has 1 heterocycles. The summed E-state index contributed by atoms with van der Waals surface area (Å²) in [6.07, 6.45) is 1.13. The number of nitrogens with zero attached hydrogens (tertiary/aromatic N) is 1. The second kappa shape index (κ2) is 6.21. The summed E-state index contributed by atoms with van der Waals surface area (Å²) in [6, 6.07) is 9.73. The topological polar surface area (TPSA) is 24.5 Å². The van der Waals surface area contributed by atoms with E-state index in [-0.39, 0.29) is 0 Å². The van der Waals surface area contributed by atoms with Crippen molar-refractivity contribution in [2.75, 3.05) is 32.1 Å². The lowest BCUT2D eigenvalue weighted by Gasteiger charge is -2.38. The van der Waals surface area contributed by atoms with Gasteiger partial charge in [-0.15, -0.1) is 0 Å². The maximum absolute atomic E-state index is 5.22. The number of para-hydroxylation sites is 1. The molecular weight excluding hydrogens is 224 g/mol. The Morgan fingerprint density at radius 3 is 2.89 bits per heavy atom. The Hall–Kier alpha value is -1.06. The predicted octanol–water partition coefficient (Wildman–Crippen LogP) is 2.38. The third kappa shape index (κ3) is 3.03. The van der Waals surface area contributed by atoms with Gasteiger partial charge in [-0.05, 0) is 31.9 Å². The zero-order valence-corrected chi connectivity index (χ0v) is 11.6. The minimum atomic E-state index is 0.553. The van der Waals surface area contributed by atoms with Crippen molar-refractivity contribution in [2.45, 2.75) is 32.4 Å². The third-order valence-electron chi connectivity index (χ3n) is 3.69. The van der Waals surface area contributed by atoms with Gasteiger partial charge in [-0.25, -0.2) is 0 Å². The SMILES string of the molecule is COCCN(C(C)C)C1CNc2ccccc2C1. The van der Waals surface area contributed by atoms with Crippen LogP contribution in [0.1, 0.15) is 19.4 Å². The van der Waals surface area contributed by atoms with Gasteiger partial charge < -0.3 is 10.1 Å². The average molecular weight is 248 g/mol. The highest BCUT2D eigenvalue weighted by Gasteiger charge is 2.25. The molecule has 1 aliphatic heterocycles. The molecule has 18 heavy (non-hydrogen) atoms. The smallest absolute Gasteiger partial charge is 0.0589 e. The fraction of sp³-hybridized carbons (Fsp3) is 0.600. The van der Waals surface area contributed by atoms with Gasteiger partial charge in [0, 0.05) is 38.0 Å². The summed E-state index contributed by atoms with van der Waals surface area (Å²) in [5.41, 5.74) is 2.72. The Morgan fingerprint density at radius 2 is 2.17 bits per heavy atom. The van der Waals surface area contributed by atoms with Crippen LogP contribution in [-0.4, -0.2) is 43.8 Å². The number of hydrogen-bond acceptors (Lipinski definition) is 3. The average Bonchev–Trinajstić information content (AvgIpc) is 2.38.